The Morgan fingerprint density at radius 1 is 1.15 bits per heavy atom. The van der Waals surface area contributed by atoms with Gasteiger partial charge in [-0.2, -0.15) is 0 Å². The van der Waals surface area contributed by atoms with Crippen LogP contribution in [0.25, 0.3) is 10.8 Å². The van der Waals surface area contributed by atoms with Gasteiger partial charge < -0.3 is 0 Å². The molecule has 1 aromatic heterocycles. The van der Waals surface area contributed by atoms with Gasteiger partial charge in [0.05, 0.1) is 0 Å². The SMILES string of the molecule is ClCCc1nccc2ccccc12. The smallest absolute Gasteiger partial charge is 0.0493 e. The molecule has 1 heterocycles. The molecule has 0 bridgehead atoms. The molecule has 0 fully saturated rings. The van der Waals surface area contributed by atoms with Gasteiger partial charge in [-0.15, -0.1) is 11.6 Å². The molecule has 0 radical (unpaired) electrons. The number of alkyl halides is 1. The zero-order valence-electron chi connectivity index (χ0n) is 7.20. The number of fused-ring (bicyclic) bond motifs is 1. The molecular weight excluding hydrogens is 182 g/mol. The monoisotopic (exact) mass is 191 g/mol. The summed E-state index contributed by atoms with van der Waals surface area (Å²) >= 11 is 5.70. The average molecular weight is 192 g/mol. The number of pyridine rings is 1. The molecule has 0 atom stereocenters. The van der Waals surface area contributed by atoms with Crippen molar-refractivity contribution in [3.63, 3.8) is 0 Å². The lowest BCUT2D eigenvalue weighted by molar-refractivity contribution is 1.06. The third kappa shape index (κ3) is 1.65. The fourth-order valence-electron chi connectivity index (χ4n) is 1.47. The predicted octanol–water partition coefficient (Wildman–Crippen LogP) is 3.02. The zero-order valence-corrected chi connectivity index (χ0v) is 7.96. The maximum absolute atomic E-state index is 5.70. The lowest BCUT2D eigenvalue weighted by Crippen LogP contribution is -1.91. The fraction of sp³-hybridized carbons (Fsp3) is 0.182. The zero-order chi connectivity index (χ0) is 9.10. The second-order valence-electron chi connectivity index (χ2n) is 2.92. The van der Waals surface area contributed by atoms with Crippen molar-refractivity contribution in [1.82, 2.24) is 4.98 Å². The Morgan fingerprint density at radius 3 is 2.85 bits per heavy atom. The van der Waals surface area contributed by atoms with Crippen LogP contribution in [0.5, 0.6) is 0 Å². The minimum Gasteiger partial charge on any atom is -0.261 e. The first kappa shape index (κ1) is 8.52. The maximum atomic E-state index is 5.70. The molecule has 0 amide bonds. The number of rotatable bonds is 2. The van der Waals surface area contributed by atoms with Gasteiger partial charge in [0.25, 0.3) is 0 Å². The number of aryl methyl sites for hydroxylation is 1. The summed E-state index contributed by atoms with van der Waals surface area (Å²) in [6.07, 6.45) is 2.67. The van der Waals surface area contributed by atoms with E-state index in [2.05, 4.69) is 17.1 Å². The first-order valence-electron chi connectivity index (χ1n) is 4.30. The highest BCUT2D eigenvalue weighted by Crippen LogP contribution is 2.16. The van der Waals surface area contributed by atoms with Crippen LogP contribution in [0.1, 0.15) is 5.69 Å². The lowest BCUT2D eigenvalue weighted by Gasteiger charge is -2.02. The summed E-state index contributed by atoms with van der Waals surface area (Å²) in [5, 5.41) is 2.45. The Balaban J connectivity index is 2.61. The number of halogens is 1. The van der Waals surface area contributed by atoms with Gasteiger partial charge in [0.1, 0.15) is 0 Å². The van der Waals surface area contributed by atoms with Gasteiger partial charge in [-0.05, 0) is 11.5 Å². The third-order valence-electron chi connectivity index (χ3n) is 2.09. The van der Waals surface area contributed by atoms with Crippen molar-refractivity contribution in [2.45, 2.75) is 6.42 Å². The van der Waals surface area contributed by atoms with Crippen molar-refractivity contribution in [2.24, 2.45) is 0 Å². The standard InChI is InChI=1S/C11H10ClN/c12-7-5-11-10-4-2-1-3-9(10)6-8-13-11/h1-4,6,8H,5,7H2. The molecule has 0 N–H and O–H groups in total. The molecule has 0 aliphatic heterocycles. The Morgan fingerprint density at radius 2 is 2.00 bits per heavy atom. The van der Waals surface area contributed by atoms with E-state index in [4.69, 9.17) is 11.6 Å². The van der Waals surface area contributed by atoms with Crippen molar-refractivity contribution in [2.75, 3.05) is 5.88 Å². The van der Waals surface area contributed by atoms with E-state index in [-0.39, 0.29) is 0 Å². The molecule has 66 valence electrons. The number of hydrogen-bond donors (Lipinski definition) is 0. The Bertz CT molecular complexity index is 406. The quantitative estimate of drug-likeness (QED) is 0.665. The summed E-state index contributed by atoms with van der Waals surface area (Å²) in [7, 11) is 0. The summed E-state index contributed by atoms with van der Waals surface area (Å²) in [5.74, 6) is 0.626. The molecule has 0 aliphatic carbocycles. The van der Waals surface area contributed by atoms with Crippen LogP contribution in [0.15, 0.2) is 36.5 Å². The van der Waals surface area contributed by atoms with Crippen LogP contribution in [-0.2, 0) is 6.42 Å². The van der Waals surface area contributed by atoms with E-state index >= 15 is 0 Å². The van der Waals surface area contributed by atoms with Crippen molar-refractivity contribution in [3.8, 4) is 0 Å². The Hall–Kier alpha value is -1.08. The van der Waals surface area contributed by atoms with Crippen LogP contribution >= 0.6 is 11.6 Å². The average Bonchev–Trinajstić information content (AvgIpc) is 2.19. The molecule has 1 nitrogen and oxygen atoms in total. The molecule has 2 aromatic rings. The molecule has 0 aliphatic rings. The van der Waals surface area contributed by atoms with E-state index in [0.717, 1.165) is 12.1 Å². The van der Waals surface area contributed by atoms with E-state index in [1.54, 1.807) is 0 Å². The van der Waals surface area contributed by atoms with Gasteiger partial charge in [0.2, 0.25) is 0 Å². The van der Waals surface area contributed by atoms with Crippen LogP contribution in [0.2, 0.25) is 0 Å². The molecule has 0 unspecified atom stereocenters. The first-order valence-corrected chi connectivity index (χ1v) is 4.84. The first-order chi connectivity index (χ1) is 6.42. The van der Waals surface area contributed by atoms with Crippen LogP contribution in [0.4, 0.5) is 0 Å². The summed E-state index contributed by atoms with van der Waals surface area (Å²) < 4.78 is 0. The molecule has 1 aromatic carbocycles. The summed E-state index contributed by atoms with van der Waals surface area (Å²) in [4.78, 5) is 4.31. The van der Waals surface area contributed by atoms with Crippen LogP contribution in [0.3, 0.4) is 0 Å². The number of nitrogens with zero attached hydrogens (tertiary/aromatic N) is 1. The van der Waals surface area contributed by atoms with Crippen LogP contribution in [0, 0.1) is 0 Å². The van der Waals surface area contributed by atoms with E-state index in [0.29, 0.717) is 5.88 Å². The second-order valence-corrected chi connectivity index (χ2v) is 3.30. The molecule has 0 saturated heterocycles. The normalized spacial score (nSPS) is 10.5. The molecule has 0 spiro atoms. The van der Waals surface area contributed by atoms with Crippen molar-refractivity contribution in [1.29, 1.82) is 0 Å². The highest BCUT2D eigenvalue weighted by molar-refractivity contribution is 6.18. The molecule has 2 rings (SSSR count). The number of hydrogen-bond acceptors (Lipinski definition) is 1. The molecular formula is C11H10ClN. The Labute approximate surface area is 82.4 Å². The minimum absolute atomic E-state index is 0.626. The van der Waals surface area contributed by atoms with Crippen molar-refractivity contribution in [3.05, 3.63) is 42.2 Å². The van der Waals surface area contributed by atoms with Gasteiger partial charge >= 0.3 is 0 Å². The lowest BCUT2D eigenvalue weighted by atomic mass is 10.1. The topological polar surface area (TPSA) is 12.9 Å². The van der Waals surface area contributed by atoms with Gasteiger partial charge in [-0.1, -0.05) is 24.3 Å². The van der Waals surface area contributed by atoms with E-state index in [1.165, 1.54) is 10.8 Å². The van der Waals surface area contributed by atoms with E-state index < -0.39 is 0 Å². The molecule has 13 heavy (non-hydrogen) atoms. The largest absolute Gasteiger partial charge is 0.261 e. The van der Waals surface area contributed by atoms with E-state index in [9.17, 15) is 0 Å². The van der Waals surface area contributed by atoms with Crippen LogP contribution in [-0.4, -0.2) is 10.9 Å². The minimum atomic E-state index is 0.626. The van der Waals surface area contributed by atoms with E-state index in [1.807, 2.05) is 24.4 Å². The van der Waals surface area contributed by atoms with Crippen LogP contribution < -0.4 is 0 Å². The predicted molar refractivity (Wildman–Crippen MR) is 56.2 cm³/mol. The highest BCUT2D eigenvalue weighted by atomic mass is 35.5. The summed E-state index contributed by atoms with van der Waals surface area (Å²) in [5.41, 5.74) is 1.09. The number of benzene rings is 1. The van der Waals surface area contributed by atoms with Crippen molar-refractivity contribution >= 4 is 22.4 Å². The van der Waals surface area contributed by atoms with Gasteiger partial charge in [0.15, 0.2) is 0 Å². The van der Waals surface area contributed by atoms with Gasteiger partial charge in [0, 0.05) is 29.6 Å². The van der Waals surface area contributed by atoms with Crippen molar-refractivity contribution < 1.29 is 0 Å². The van der Waals surface area contributed by atoms with Gasteiger partial charge in [-0.3, -0.25) is 4.98 Å². The maximum Gasteiger partial charge on any atom is 0.0493 e. The highest BCUT2D eigenvalue weighted by Gasteiger charge is 1.99. The second kappa shape index (κ2) is 3.75. The molecule has 2 heteroatoms. The van der Waals surface area contributed by atoms with Gasteiger partial charge in [-0.25, -0.2) is 0 Å². The summed E-state index contributed by atoms with van der Waals surface area (Å²) in [6.45, 7) is 0. The summed E-state index contributed by atoms with van der Waals surface area (Å²) in [6, 6.07) is 10.3. The number of aromatic nitrogens is 1. The fourth-order valence-corrected chi connectivity index (χ4v) is 1.65. The third-order valence-corrected chi connectivity index (χ3v) is 2.28. The Kier molecular flexibility index (Phi) is 2.46. The molecule has 0 saturated carbocycles.